The van der Waals surface area contributed by atoms with Gasteiger partial charge in [0.25, 0.3) is 0 Å². The van der Waals surface area contributed by atoms with E-state index in [0.29, 0.717) is 6.92 Å². The molecule has 1 saturated carbocycles. The first-order chi connectivity index (χ1) is 7.16. The number of alkyl halides is 3. The molecule has 3 N–H and O–H groups in total. The summed E-state index contributed by atoms with van der Waals surface area (Å²) in [7, 11) is 0. The Labute approximate surface area is 92.6 Å². The van der Waals surface area contributed by atoms with E-state index < -0.39 is 17.6 Å². The van der Waals surface area contributed by atoms with Crippen molar-refractivity contribution < 1.29 is 18.0 Å². The zero-order valence-electron chi connectivity index (χ0n) is 9.40. The standard InChI is InChI=1S/C10H17F3N2O/c1-6-4-3-5-7(6)15-8(16)9(2,14)10(11,12)13/h6-7H,3-5,14H2,1-2H3,(H,15,16). The second-order valence-electron chi connectivity index (χ2n) is 4.69. The van der Waals surface area contributed by atoms with Crippen LogP contribution in [-0.4, -0.2) is 23.7 Å². The lowest BCUT2D eigenvalue weighted by Gasteiger charge is -2.29. The van der Waals surface area contributed by atoms with Crippen molar-refractivity contribution in [2.45, 2.75) is 50.9 Å². The summed E-state index contributed by atoms with van der Waals surface area (Å²) < 4.78 is 37.4. The van der Waals surface area contributed by atoms with Crippen LogP contribution in [0.3, 0.4) is 0 Å². The smallest absolute Gasteiger partial charge is 0.351 e. The summed E-state index contributed by atoms with van der Waals surface area (Å²) >= 11 is 0. The normalized spacial score (nSPS) is 29.9. The number of nitrogens with one attached hydrogen (secondary N) is 1. The van der Waals surface area contributed by atoms with Gasteiger partial charge in [0.1, 0.15) is 0 Å². The Kier molecular flexibility index (Phi) is 3.52. The van der Waals surface area contributed by atoms with Crippen LogP contribution < -0.4 is 11.1 Å². The van der Waals surface area contributed by atoms with Crippen LogP contribution in [0.25, 0.3) is 0 Å². The number of hydrogen-bond donors (Lipinski definition) is 2. The van der Waals surface area contributed by atoms with Crippen molar-refractivity contribution in [1.29, 1.82) is 0 Å². The third kappa shape index (κ3) is 2.48. The maximum absolute atomic E-state index is 12.5. The molecule has 1 rings (SSSR count). The highest BCUT2D eigenvalue weighted by molar-refractivity contribution is 5.86. The first-order valence-corrected chi connectivity index (χ1v) is 5.33. The van der Waals surface area contributed by atoms with E-state index in [0.717, 1.165) is 19.3 Å². The van der Waals surface area contributed by atoms with E-state index in [4.69, 9.17) is 5.73 Å². The van der Waals surface area contributed by atoms with Crippen LogP contribution in [0.4, 0.5) is 13.2 Å². The van der Waals surface area contributed by atoms with Gasteiger partial charge in [0.05, 0.1) is 0 Å². The fourth-order valence-electron chi connectivity index (χ4n) is 1.81. The third-order valence-electron chi connectivity index (χ3n) is 3.24. The molecule has 0 spiro atoms. The lowest BCUT2D eigenvalue weighted by molar-refractivity contribution is -0.187. The first kappa shape index (κ1) is 13.3. The van der Waals surface area contributed by atoms with Gasteiger partial charge >= 0.3 is 6.18 Å². The molecule has 3 unspecified atom stereocenters. The van der Waals surface area contributed by atoms with Crippen molar-refractivity contribution in [3.8, 4) is 0 Å². The van der Waals surface area contributed by atoms with Crippen molar-refractivity contribution in [2.75, 3.05) is 0 Å². The molecule has 16 heavy (non-hydrogen) atoms. The monoisotopic (exact) mass is 238 g/mol. The number of amides is 1. The maximum atomic E-state index is 12.5. The van der Waals surface area contributed by atoms with E-state index in [-0.39, 0.29) is 12.0 Å². The third-order valence-corrected chi connectivity index (χ3v) is 3.24. The maximum Gasteiger partial charge on any atom is 0.415 e. The van der Waals surface area contributed by atoms with Gasteiger partial charge in [-0.15, -0.1) is 0 Å². The summed E-state index contributed by atoms with van der Waals surface area (Å²) in [5.41, 5.74) is 2.21. The Bertz CT molecular complexity index is 276. The molecular weight excluding hydrogens is 221 g/mol. The number of carbonyl (C=O) groups is 1. The Morgan fingerprint density at radius 1 is 1.38 bits per heavy atom. The lowest BCUT2D eigenvalue weighted by atomic mass is 10.00. The van der Waals surface area contributed by atoms with E-state index in [1.165, 1.54) is 0 Å². The van der Waals surface area contributed by atoms with Gasteiger partial charge < -0.3 is 11.1 Å². The Morgan fingerprint density at radius 2 is 1.94 bits per heavy atom. The van der Waals surface area contributed by atoms with E-state index in [1.54, 1.807) is 0 Å². The van der Waals surface area contributed by atoms with Crippen molar-refractivity contribution >= 4 is 5.91 Å². The van der Waals surface area contributed by atoms with E-state index in [2.05, 4.69) is 5.32 Å². The topological polar surface area (TPSA) is 55.1 Å². The molecule has 3 atom stereocenters. The van der Waals surface area contributed by atoms with Gasteiger partial charge in [0.2, 0.25) is 5.91 Å². The highest BCUT2D eigenvalue weighted by Gasteiger charge is 2.54. The van der Waals surface area contributed by atoms with Gasteiger partial charge in [-0.3, -0.25) is 4.79 Å². The van der Waals surface area contributed by atoms with Crippen molar-refractivity contribution in [3.63, 3.8) is 0 Å². The summed E-state index contributed by atoms with van der Waals surface area (Å²) in [4.78, 5) is 11.5. The number of rotatable bonds is 2. The summed E-state index contributed by atoms with van der Waals surface area (Å²) in [6.07, 6.45) is -2.14. The molecule has 1 aliphatic rings. The Morgan fingerprint density at radius 3 is 2.31 bits per heavy atom. The summed E-state index contributed by atoms with van der Waals surface area (Å²) in [5.74, 6) is -0.924. The van der Waals surface area contributed by atoms with Crippen molar-refractivity contribution in [1.82, 2.24) is 5.32 Å². The van der Waals surface area contributed by atoms with Crippen LogP contribution >= 0.6 is 0 Å². The van der Waals surface area contributed by atoms with E-state index in [1.807, 2.05) is 6.92 Å². The van der Waals surface area contributed by atoms with E-state index in [9.17, 15) is 18.0 Å². The second-order valence-corrected chi connectivity index (χ2v) is 4.69. The molecule has 94 valence electrons. The highest BCUT2D eigenvalue weighted by Crippen LogP contribution is 2.30. The summed E-state index contributed by atoms with van der Waals surface area (Å²) in [6.45, 7) is 2.61. The summed E-state index contributed by atoms with van der Waals surface area (Å²) in [5, 5.41) is 2.39. The molecule has 0 saturated heterocycles. The zero-order valence-corrected chi connectivity index (χ0v) is 9.40. The number of halogens is 3. The minimum atomic E-state index is -4.72. The van der Waals surface area contributed by atoms with Crippen LogP contribution in [0.5, 0.6) is 0 Å². The van der Waals surface area contributed by atoms with Crippen molar-refractivity contribution in [2.24, 2.45) is 11.7 Å². The van der Waals surface area contributed by atoms with Crippen LogP contribution in [0.1, 0.15) is 33.1 Å². The SMILES string of the molecule is CC1CCCC1NC(=O)C(C)(N)C(F)(F)F. The van der Waals surface area contributed by atoms with Crippen molar-refractivity contribution in [3.05, 3.63) is 0 Å². The fraction of sp³-hybridized carbons (Fsp3) is 0.900. The lowest BCUT2D eigenvalue weighted by Crippen LogP contribution is -2.62. The molecular formula is C10H17F3N2O. The second kappa shape index (κ2) is 4.24. The number of nitrogens with two attached hydrogens (primary N) is 1. The average Bonchev–Trinajstić information content (AvgIpc) is 2.49. The molecule has 0 aromatic carbocycles. The average molecular weight is 238 g/mol. The molecule has 0 bridgehead atoms. The predicted octanol–water partition coefficient (Wildman–Crippen LogP) is 1.57. The molecule has 1 fully saturated rings. The zero-order chi connectivity index (χ0) is 12.6. The highest BCUT2D eigenvalue weighted by atomic mass is 19.4. The van der Waals surface area contributed by atoms with Gasteiger partial charge in [-0.2, -0.15) is 13.2 Å². The summed E-state index contributed by atoms with van der Waals surface area (Å²) in [6, 6.07) is -0.183. The Hall–Kier alpha value is -0.780. The molecule has 0 aliphatic heterocycles. The first-order valence-electron chi connectivity index (χ1n) is 5.33. The molecule has 1 aliphatic carbocycles. The molecule has 0 radical (unpaired) electrons. The quantitative estimate of drug-likeness (QED) is 0.767. The van der Waals surface area contributed by atoms with Crippen LogP contribution in [0, 0.1) is 5.92 Å². The van der Waals surface area contributed by atoms with Gasteiger partial charge in [-0.05, 0) is 25.7 Å². The molecule has 0 aromatic rings. The van der Waals surface area contributed by atoms with Crippen LogP contribution in [0.15, 0.2) is 0 Å². The molecule has 1 amide bonds. The minimum Gasteiger partial charge on any atom is -0.351 e. The molecule has 0 heterocycles. The van der Waals surface area contributed by atoms with Gasteiger partial charge in [0.15, 0.2) is 5.54 Å². The van der Waals surface area contributed by atoms with Gasteiger partial charge in [-0.25, -0.2) is 0 Å². The van der Waals surface area contributed by atoms with Gasteiger partial charge in [-0.1, -0.05) is 13.3 Å². The fourth-order valence-corrected chi connectivity index (χ4v) is 1.81. The largest absolute Gasteiger partial charge is 0.415 e. The molecule has 6 heteroatoms. The Balaban J connectivity index is 2.65. The molecule has 0 aromatic heterocycles. The van der Waals surface area contributed by atoms with Crippen LogP contribution in [0.2, 0.25) is 0 Å². The van der Waals surface area contributed by atoms with E-state index >= 15 is 0 Å². The van der Waals surface area contributed by atoms with Gasteiger partial charge in [0, 0.05) is 6.04 Å². The number of carbonyl (C=O) groups excluding carboxylic acids is 1. The van der Waals surface area contributed by atoms with Crippen LogP contribution in [-0.2, 0) is 4.79 Å². The minimum absolute atomic E-state index is 0.183. The molecule has 3 nitrogen and oxygen atoms in total. The number of hydrogen-bond acceptors (Lipinski definition) is 2. The predicted molar refractivity (Wildman–Crippen MR) is 53.6 cm³/mol.